The average molecular weight is 469 g/mol. The zero-order valence-electron chi connectivity index (χ0n) is 18.5. The SMILES string of the molecule is N#Cc1c(NC(=O)CCc2ccccc2)sc2c1CCN(C(=O)OCCN1CCOCC1)C2. The normalized spacial score (nSPS) is 16.0. The summed E-state index contributed by atoms with van der Waals surface area (Å²) in [5, 5.41) is 13.2. The monoisotopic (exact) mass is 468 g/mol. The number of hydrogen-bond donors (Lipinski definition) is 1. The van der Waals surface area contributed by atoms with Crippen LogP contribution in [0.1, 0.15) is 28.0 Å². The van der Waals surface area contributed by atoms with Crippen LogP contribution in [0.15, 0.2) is 30.3 Å². The first-order valence-electron chi connectivity index (χ1n) is 11.2. The van der Waals surface area contributed by atoms with Crippen molar-refractivity contribution in [2.24, 2.45) is 0 Å². The summed E-state index contributed by atoms with van der Waals surface area (Å²) >= 11 is 1.38. The Morgan fingerprint density at radius 1 is 1.18 bits per heavy atom. The summed E-state index contributed by atoms with van der Waals surface area (Å²) in [4.78, 5) is 29.8. The number of aryl methyl sites for hydroxylation is 1. The quantitative estimate of drug-likeness (QED) is 0.671. The third-order valence-electron chi connectivity index (χ3n) is 5.90. The van der Waals surface area contributed by atoms with E-state index in [0.29, 0.717) is 69.3 Å². The Morgan fingerprint density at radius 2 is 1.97 bits per heavy atom. The van der Waals surface area contributed by atoms with Gasteiger partial charge in [0.25, 0.3) is 0 Å². The molecule has 8 nitrogen and oxygen atoms in total. The van der Waals surface area contributed by atoms with Crippen molar-refractivity contribution in [3.63, 3.8) is 0 Å². The van der Waals surface area contributed by atoms with Crippen LogP contribution in [-0.2, 0) is 33.7 Å². The minimum atomic E-state index is -0.339. The first-order valence-corrected chi connectivity index (χ1v) is 12.1. The summed E-state index contributed by atoms with van der Waals surface area (Å²) in [5.41, 5.74) is 2.54. The molecule has 9 heteroatoms. The number of rotatable bonds is 7. The molecule has 174 valence electrons. The van der Waals surface area contributed by atoms with E-state index in [2.05, 4.69) is 16.3 Å². The molecule has 1 fully saturated rings. The lowest BCUT2D eigenvalue weighted by Crippen LogP contribution is -2.40. The predicted molar refractivity (Wildman–Crippen MR) is 125 cm³/mol. The summed E-state index contributed by atoms with van der Waals surface area (Å²) in [6.45, 7) is 5.08. The Labute approximate surface area is 197 Å². The lowest BCUT2D eigenvalue weighted by atomic mass is 10.0. The number of amides is 2. The topological polar surface area (TPSA) is 94.9 Å². The van der Waals surface area contributed by atoms with Crippen LogP contribution in [0.2, 0.25) is 0 Å². The third-order valence-corrected chi connectivity index (χ3v) is 7.03. The molecule has 1 aromatic carbocycles. The van der Waals surface area contributed by atoms with E-state index >= 15 is 0 Å². The minimum Gasteiger partial charge on any atom is -0.448 e. The number of benzene rings is 1. The van der Waals surface area contributed by atoms with Gasteiger partial charge in [0.1, 0.15) is 17.7 Å². The fraction of sp³-hybridized carbons (Fsp3) is 0.458. The molecular weight excluding hydrogens is 440 g/mol. The third kappa shape index (κ3) is 6.11. The maximum absolute atomic E-state index is 12.5. The molecule has 0 aliphatic carbocycles. The van der Waals surface area contributed by atoms with Gasteiger partial charge in [0.05, 0.1) is 25.3 Å². The highest BCUT2D eigenvalue weighted by atomic mass is 32.1. The van der Waals surface area contributed by atoms with Crippen molar-refractivity contribution in [1.29, 1.82) is 5.26 Å². The number of carbonyl (C=O) groups is 2. The van der Waals surface area contributed by atoms with Crippen LogP contribution >= 0.6 is 11.3 Å². The number of ether oxygens (including phenoxy) is 2. The van der Waals surface area contributed by atoms with Gasteiger partial charge >= 0.3 is 6.09 Å². The van der Waals surface area contributed by atoms with Crippen molar-refractivity contribution in [1.82, 2.24) is 9.80 Å². The van der Waals surface area contributed by atoms with Crippen LogP contribution in [-0.4, -0.2) is 67.8 Å². The van der Waals surface area contributed by atoms with Crippen molar-refractivity contribution >= 4 is 28.3 Å². The second-order valence-electron chi connectivity index (χ2n) is 8.09. The van der Waals surface area contributed by atoms with Gasteiger partial charge in [-0.05, 0) is 24.0 Å². The molecule has 2 aromatic rings. The highest BCUT2D eigenvalue weighted by Crippen LogP contribution is 2.36. The van der Waals surface area contributed by atoms with Gasteiger partial charge in [-0.3, -0.25) is 9.69 Å². The van der Waals surface area contributed by atoms with E-state index in [-0.39, 0.29) is 12.0 Å². The van der Waals surface area contributed by atoms with Gasteiger partial charge in [-0.2, -0.15) is 5.26 Å². The van der Waals surface area contributed by atoms with E-state index in [9.17, 15) is 14.9 Å². The Balaban J connectivity index is 1.30. The molecule has 33 heavy (non-hydrogen) atoms. The van der Waals surface area contributed by atoms with E-state index in [1.165, 1.54) is 11.3 Å². The van der Waals surface area contributed by atoms with E-state index in [1.807, 2.05) is 30.3 Å². The zero-order valence-corrected chi connectivity index (χ0v) is 19.4. The zero-order chi connectivity index (χ0) is 23.0. The molecule has 0 unspecified atom stereocenters. The molecule has 0 atom stereocenters. The lowest BCUT2D eigenvalue weighted by Gasteiger charge is -2.28. The van der Waals surface area contributed by atoms with Crippen LogP contribution in [0.5, 0.6) is 0 Å². The molecule has 0 saturated carbocycles. The Bertz CT molecular complexity index is 1010. The number of hydrogen-bond acceptors (Lipinski definition) is 7. The van der Waals surface area contributed by atoms with Gasteiger partial charge in [-0.25, -0.2) is 4.79 Å². The van der Waals surface area contributed by atoms with Crippen molar-refractivity contribution < 1.29 is 19.1 Å². The van der Waals surface area contributed by atoms with Crippen LogP contribution in [0.3, 0.4) is 0 Å². The maximum atomic E-state index is 12.5. The number of carbonyl (C=O) groups excluding carboxylic acids is 2. The van der Waals surface area contributed by atoms with Crippen LogP contribution in [0.4, 0.5) is 9.80 Å². The van der Waals surface area contributed by atoms with Gasteiger partial charge in [0, 0.05) is 37.5 Å². The Hall–Kier alpha value is -2.93. The molecule has 0 radical (unpaired) electrons. The fourth-order valence-corrected chi connectivity index (χ4v) is 5.27. The van der Waals surface area contributed by atoms with Crippen molar-refractivity contribution in [2.75, 3.05) is 51.3 Å². The molecule has 1 N–H and O–H groups in total. The summed E-state index contributed by atoms with van der Waals surface area (Å²) in [5.74, 6) is -0.117. The van der Waals surface area contributed by atoms with Crippen molar-refractivity contribution in [3.05, 3.63) is 51.9 Å². The molecule has 4 rings (SSSR count). The summed E-state index contributed by atoms with van der Waals surface area (Å²) in [6.07, 6.45) is 1.23. The van der Waals surface area contributed by atoms with Crippen LogP contribution < -0.4 is 5.32 Å². The number of fused-ring (bicyclic) bond motifs is 1. The molecule has 2 aliphatic heterocycles. The number of nitrogens with one attached hydrogen (secondary N) is 1. The molecule has 1 saturated heterocycles. The average Bonchev–Trinajstić information content (AvgIpc) is 3.20. The van der Waals surface area contributed by atoms with Gasteiger partial charge in [-0.15, -0.1) is 11.3 Å². The first kappa shape index (κ1) is 23.2. The number of nitrogens with zero attached hydrogens (tertiary/aromatic N) is 3. The smallest absolute Gasteiger partial charge is 0.410 e. The standard InChI is InChI=1S/C24H28N4O4S/c25-16-20-19-8-9-28(24(30)32-15-12-27-10-13-31-14-11-27)17-21(19)33-23(20)26-22(29)7-6-18-4-2-1-3-5-18/h1-5H,6-15,17H2,(H,26,29). The van der Waals surface area contributed by atoms with E-state index in [0.717, 1.165) is 29.1 Å². The maximum Gasteiger partial charge on any atom is 0.410 e. The highest BCUT2D eigenvalue weighted by molar-refractivity contribution is 7.16. The number of anilines is 1. The molecule has 3 heterocycles. The van der Waals surface area contributed by atoms with Gasteiger partial charge in [0.15, 0.2) is 0 Å². The summed E-state index contributed by atoms with van der Waals surface area (Å²) < 4.78 is 10.8. The first-order chi connectivity index (χ1) is 16.1. The second-order valence-corrected chi connectivity index (χ2v) is 9.20. The Kier molecular flexibility index (Phi) is 7.94. The number of nitriles is 1. The summed E-state index contributed by atoms with van der Waals surface area (Å²) in [7, 11) is 0. The van der Waals surface area contributed by atoms with E-state index in [4.69, 9.17) is 9.47 Å². The molecular formula is C24H28N4O4S. The number of morpholine rings is 1. The molecule has 2 aliphatic rings. The number of thiophene rings is 1. The van der Waals surface area contributed by atoms with Gasteiger partial charge in [0.2, 0.25) is 5.91 Å². The summed E-state index contributed by atoms with van der Waals surface area (Å²) in [6, 6.07) is 12.1. The van der Waals surface area contributed by atoms with Crippen LogP contribution in [0.25, 0.3) is 0 Å². The molecule has 0 spiro atoms. The van der Waals surface area contributed by atoms with Gasteiger partial charge < -0.3 is 19.7 Å². The largest absolute Gasteiger partial charge is 0.448 e. The molecule has 0 bridgehead atoms. The van der Waals surface area contributed by atoms with Crippen LogP contribution in [0, 0.1) is 11.3 Å². The fourth-order valence-electron chi connectivity index (χ4n) is 4.04. The van der Waals surface area contributed by atoms with Crippen molar-refractivity contribution in [2.45, 2.75) is 25.8 Å². The second kappa shape index (κ2) is 11.3. The van der Waals surface area contributed by atoms with Gasteiger partial charge in [-0.1, -0.05) is 30.3 Å². The Morgan fingerprint density at radius 3 is 2.73 bits per heavy atom. The van der Waals surface area contributed by atoms with E-state index in [1.54, 1.807) is 4.90 Å². The predicted octanol–water partition coefficient (Wildman–Crippen LogP) is 3.02. The lowest BCUT2D eigenvalue weighted by molar-refractivity contribution is -0.116. The molecule has 1 aromatic heterocycles. The van der Waals surface area contributed by atoms with Crippen molar-refractivity contribution in [3.8, 4) is 6.07 Å². The molecule has 2 amide bonds. The highest BCUT2D eigenvalue weighted by Gasteiger charge is 2.28. The minimum absolute atomic E-state index is 0.117. The van der Waals surface area contributed by atoms with E-state index < -0.39 is 0 Å².